The average Bonchev–Trinajstić information content (AvgIpc) is 3.52. The number of aromatic nitrogens is 3. The van der Waals surface area contributed by atoms with E-state index in [1.54, 1.807) is 38.2 Å². The summed E-state index contributed by atoms with van der Waals surface area (Å²) in [4.78, 5) is 8.22. The summed E-state index contributed by atoms with van der Waals surface area (Å²) in [5, 5.41) is 7.35. The van der Waals surface area contributed by atoms with Crippen molar-refractivity contribution >= 4 is 28.5 Å². The summed E-state index contributed by atoms with van der Waals surface area (Å²) >= 11 is 0. The van der Waals surface area contributed by atoms with E-state index in [1.165, 1.54) is 18.8 Å². The van der Waals surface area contributed by atoms with Crippen LogP contribution < -0.4 is 14.2 Å². The van der Waals surface area contributed by atoms with Gasteiger partial charge in [-0.3, -0.25) is 9.29 Å². The van der Waals surface area contributed by atoms with E-state index >= 15 is 0 Å². The SMILES string of the molecule is C=N/C(=N\C=C(C)C)[C@@H](C)[C@H](C)S(=O)(=O)Nc1nnc(C2OCCO2)n1-c1c(OC)cccc1OC. The van der Waals surface area contributed by atoms with E-state index in [9.17, 15) is 8.42 Å². The standard InChI is InChI=1S/C23H32N6O6S/c1-14(2)13-25-20(24-5)15(3)16(4)36(30,31)28-23-27-26-21(22-34-11-12-35-22)29(23)19-17(32-6)9-8-10-18(19)33-7/h8-10,13,15-16,22H,5,11-12H2,1-4,6-7H3,(H,27,28)/b25-20-/t15-,16-/m0/s1. The summed E-state index contributed by atoms with van der Waals surface area (Å²) in [5.74, 6) is 0.682. The molecule has 1 aromatic carbocycles. The maximum atomic E-state index is 13.5. The number of sulfonamides is 1. The Labute approximate surface area is 211 Å². The van der Waals surface area contributed by atoms with E-state index in [4.69, 9.17) is 18.9 Å². The molecule has 1 fully saturated rings. The zero-order valence-electron chi connectivity index (χ0n) is 21.3. The lowest BCUT2D eigenvalue weighted by Gasteiger charge is -2.22. The average molecular weight is 521 g/mol. The highest BCUT2D eigenvalue weighted by Gasteiger charge is 2.34. The van der Waals surface area contributed by atoms with Crippen LogP contribution in [0.15, 0.2) is 40.0 Å². The molecule has 0 bridgehead atoms. The monoisotopic (exact) mass is 520 g/mol. The number of ether oxygens (including phenoxy) is 4. The number of benzene rings is 1. The molecule has 2 atom stereocenters. The number of allylic oxidation sites excluding steroid dienone is 1. The molecular weight excluding hydrogens is 488 g/mol. The smallest absolute Gasteiger partial charge is 0.243 e. The number of amidine groups is 1. The fraction of sp³-hybridized carbons (Fsp3) is 0.478. The topological polar surface area (TPSA) is 139 Å². The third-order valence-electron chi connectivity index (χ3n) is 5.60. The molecule has 1 aliphatic rings. The van der Waals surface area contributed by atoms with E-state index in [-0.39, 0.29) is 11.8 Å². The highest BCUT2D eigenvalue weighted by molar-refractivity contribution is 7.93. The fourth-order valence-electron chi connectivity index (χ4n) is 3.49. The van der Waals surface area contributed by atoms with Crippen molar-refractivity contribution in [2.24, 2.45) is 15.9 Å². The van der Waals surface area contributed by atoms with Crippen molar-refractivity contribution in [2.45, 2.75) is 39.2 Å². The largest absolute Gasteiger partial charge is 0.494 e. The third-order valence-corrected chi connectivity index (χ3v) is 7.45. The van der Waals surface area contributed by atoms with Gasteiger partial charge in [0.2, 0.25) is 22.3 Å². The summed E-state index contributed by atoms with van der Waals surface area (Å²) in [6.07, 6.45) is 0.764. The highest BCUT2D eigenvalue weighted by Crippen LogP contribution is 2.38. The summed E-state index contributed by atoms with van der Waals surface area (Å²) in [6.45, 7) is 11.3. The zero-order chi connectivity index (χ0) is 26.5. The van der Waals surface area contributed by atoms with Gasteiger partial charge in [0, 0.05) is 12.1 Å². The molecule has 3 rings (SSSR count). The summed E-state index contributed by atoms with van der Waals surface area (Å²) in [5.41, 5.74) is 1.33. The van der Waals surface area contributed by atoms with Gasteiger partial charge in [-0.1, -0.05) is 18.6 Å². The van der Waals surface area contributed by atoms with Crippen LogP contribution in [0.4, 0.5) is 5.95 Å². The van der Waals surface area contributed by atoms with Crippen LogP contribution in [0.5, 0.6) is 11.5 Å². The second-order valence-corrected chi connectivity index (χ2v) is 10.3. The Hall–Kier alpha value is -3.29. The lowest BCUT2D eigenvalue weighted by molar-refractivity contribution is -0.0518. The van der Waals surface area contributed by atoms with Crippen molar-refractivity contribution in [1.82, 2.24) is 14.8 Å². The van der Waals surface area contributed by atoms with Gasteiger partial charge in [0.05, 0.1) is 32.7 Å². The molecule has 0 radical (unpaired) electrons. The van der Waals surface area contributed by atoms with E-state index in [0.717, 1.165) is 5.57 Å². The predicted octanol–water partition coefficient (Wildman–Crippen LogP) is 3.12. The minimum Gasteiger partial charge on any atom is -0.494 e. The second-order valence-electron chi connectivity index (χ2n) is 8.29. The van der Waals surface area contributed by atoms with Gasteiger partial charge < -0.3 is 18.9 Å². The first-order valence-electron chi connectivity index (χ1n) is 11.2. The van der Waals surface area contributed by atoms with Gasteiger partial charge >= 0.3 is 0 Å². The fourth-order valence-corrected chi connectivity index (χ4v) is 4.72. The summed E-state index contributed by atoms with van der Waals surface area (Å²) < 4.78 is 53.3. The van der Waals surface area contributed by atoms with Crippen molar-refractivity contribution in [1.29, 1.82) is 0 Å². The van der Waals surface area contributed by atoms with Gasteiger partial charge in [-0.15, -0.1) is 10.2 Å². The van der Waals surface area contributed by atoms with Crippen LogP contribution in [0, 0.1) is 5.92 Å². The first-order valence-corrected chi connectivity index (χ1v) is 12.8. The highest BCUT2D eigenvalue weighted by atomic mass is 32.2. The zero-order valence-corrected chi connectivity index (χ0v) is 22.1. The second kappa shape index (κ2) is 11.6. The van der Waals surface area contributed by atoms with Crippen molar-refractivity contribution in [3.63, 3.8) is 0 Å². The van der Waals surface area contributed by atoms with E-state index in [2.05, 4.69) is 31.6 Å². The van der Waals surface area contributed by atoms with Gasteiger partial charge in [0.15, 0.2) is 5.82 Å². The molecule has 0 spiro atoms. The van der Waals surface area contributed by atoms with Crippen LogP contribution in [0.3, 0.4) is 0 Å². The number of rotatable bonds is 10. The lowest BCUT2D eigenvalue weighted by Crippen LogP contribution is -2.35. The predicted molar refractivity (Wildman–Crippen MR) is 137 cm³/mol. The first-order chi connectivity index (χ1) is 17.1. The van der Waals surface area contributed by atoms with Gasteiger partial charge in [-0.05, 0) is 39.6 Å². The van der Waals surface area contributed by atoms with E-state index in [0.29, 0.717) is 36.2 Å². The van der Waals surface area contributed by atoms with Crippen LogP contribution >= 0.6 is 0 Å². The van der Waals surface area contributed by atoms with Gasteiger partial charge in [-0.25, -0.2) is 18.4 Å². The minimum absolute atomic E-state index is 0.0831. The molecule has 2 heterocycles. The molecule has 0 saturated carbocycles. The molecule has 13 heteroatoms. The molecule has 12 nitrogen and oxygen atoms in total. The van der Waals surface area contributed by atoms with Crippen molar-refractivity contribution in [3.05, 3.63) is 35.8 Å². The molecule has 2 aromatic rings. The third kappa shape index (κ3) is 5.74. The number of nitrogens with zero attached hydrogens (tertiary/aromatic N) is 5. The number of anilines is 1. The molecule has 196 valence electrons. The van der Waals surface area contributed by atoms with E-state index < -0.39 is 27.5 Å². The molecule has 0 amide bonds. The minimum atomic E-state index is -4.01. The van der Waals surface area contributed by atoms with E-state index in [1.807, 2.05) is 13.8 Å². The molecule has 0 unspecified atom stereocenters. The lowest BCUT2D eigenvalue weighted by atomic mass is 10.1. The Morgan fingerprint density at radius 1 is 1.19 bits per heavy atom. The van der Waals surface area contributed by atoms with Crippen LogP contribution in [-0.4, -0.2) is 68.4 Å². The number of aliphatic imine (C=N–C) groups is 2. The molecule has 36 heavy (non-hydrogen) atoms. The van der Waals surface area contributed by atoms with Gasteiger partial charge in [0.1, 0.15) is 23.0 Å². The van der Waals surface area contributed by atoms with Crippen molar-refractivity contribution < 1.29 is 27.4 Å². The molecule has 0 aliphatic carbocycles. The van der Waals surface area contributed by atoms with Gasteiger partial charge in [0.25, 0.3) is 0 Å². The van der Waals surface area contributed by atoms with Crippen molar-refractivity contribution in [2.75, 3.05) is 32.2 Å². The maximum absolute atomic E-state index is 13.5. The van der Waals surface area contributed by atoms with Crippen LogP contribution in [-0.2, 0) is 19.5 Å². The summed E-state index contributed by atoms with van der Waals surface area (Å²) in [6, 6.07) is 5.17. The first kappa shape index (κ1) is 27.3. The Balaban J connectivity index is 2.08. The molecular formula is C23H32N6O6S. The summed E-state index contributed by atoms with van der Waals surface area (Å²) in [7, 11) is -1.02. The number of hydrogen-bond donors (Lipinski definition) is 1. The molecule has 1 N–H and O–H groups in total. The van der Waals surface area contributed by atoms with Crippen LogP contribution in [0.25, 0.3) is 5.69 Å². The van der Waals surface area contributed by atoms with Crippen molar-refractivity contribution in [3.8, 4) is 17.2 Å². The Morgan fingerprint density at radius 3 is 2.33 bits per heavy atom. The number of para-hydroxylation sites is 1. The quantitative estimate of drug-likeness (QED) is 0.372. The molecule has 1 aliphatic heterocycles. The van der Waals surface area contributed by atoms with Crippen LogP contribution in [0.1, 0.15) is 39.8 Å². The molecule has 1 aromatic heterocycles. The number of methoxy groups -OCH3 is 2. The normalized spacial score (nSPS) is 16.3. The number of nitrogens with one attached hydrogen (secondary N) is 1. The van der Waals surface area contributed by atoms with Crippen LogP contribution in [0.2, 0.25) is 0 Å². The molecule has 1 saturated heterocycles. The van der Waals surface area contributed by atoms with Gasteiger partial charge in [-0.2, -0.15) is 0 Å². The maximum Gasteiger partial charge on any atom is 0.243 e. The Kier molecular flexibility index (Phi) is 8.82. The Morgan fingerprint density at radius 2 is 1.81 bits per heavy atom. The number of hydrogen-bond acceptors (Lipinski definition) is 9. The Bertz CT molecular complexity index is 1220.